The summed E-state index contributed by atoms with van der Waals surface area (Å²) in [6, 6.07) is 0. The Morgan fingerprint density at radius 1 is 0.227 bits per heavy atom. The van der Waals surface area contributed by atoms with Gasteiger partial charge in [0.25, 0.3) is 0 Å². The van der Waals surface area contributed by atoms with Crippen LogP contribution in [0.3, 0.4) is 0 Å². The summed E-state index contributed by atoms with van der Waals surface area (Å²) in [4.78, 5) is 0. The second-order valence-corrected chi connectivity index (χ2v) is 7.39. The minimum atomic E-state index is 1.37. The van der Waals surface area contributed by atoms with E-state index in [-0.39, 0.29) is 0 Å². The van der Waals surface area contributed by atoms with Crippen molar-refractivity contribution in [1.29, 1.82) is 0 Å². The van der Waals surface area contributed by atoms with Gasteiger partial charge in [0.1, 0.15) is 0 Å². The van der Waals surface area contributed by atoms with E-state index in [2.05, 4.69) is 12.8 Å². The molecule has 0 unspecified atom stereocenters. The topological polar surface area (TPSA) is 0 Å². The lowest BCUT2D eigenvalue weighted by molar-refractivity contribution is 0.540. The Hall–Kier alpha value is 0. The van der Waals surface area contributed by atoms with Crippen LogP contribution in [0.15, 0.2) is 0 Å². The Balaban J connectivity index is 2.00. The van der Waals surface area contributed by atoms with E-state index in [4.69, 9.17) is 0 Å². The molecule has 1 saturated carbocycles. The van der Waals surface area contributed by atoms with Crippen LogP contribution in [-0.4, -0.2) is 0 Å². The van der Waals surface area contributed by atoms with Crippen LogP contribution >= 0.6 is 0 Å². The van der Waals surface area contributed by atoms with Crippen LogP contribution in [0.1, 0.15) is 128 Å². The fourth-order valence-electron chi connectivity index (χ4n) is 3.56. The average molecular weight is 307 g/mol. The Morgan fingerprint density at radius 3 is 0.636 bits per heavy atom. The Bertz CT molecular complexity index is 98.1. The lowest BCUT2D eigenvalue weighted by Crippen LogP contribution is -1.86. The first-order valence-corrected chi connectivity index (χ1v) is 10.6. The number of hydrogen-bond acceptors (Lipinski definition) is 0. The average Bonchev–Trinajstić information content (AvgIpc) is 2.53. The molecule has 0 saturated heterocycles. The van der Waals surface area contributed by atoms with Crippen LogP contribution < -0.4 is 0 Å². The zero-order chi connectivity index (χ0) is 15.6. The zero-order valence-corrected chi connectivity index (χ0v) is 15.3. The van der Waals surface area contributed by atoms with E-state index in [0.717, 1.165) is 0 Å². The van der Waals surface area contributed by atoms with E-state index >= 15 is 0 Å². The summed E-state index contributed by atoms with van der Waals surface area (Å²) in [5.41, 5.74) is 0. The van der Waals surface area contributed by atoms with Crippen molar-refractivity contribution in [3.63, 3.8) is 0 Å². The molecule has 0 bridgehead atoms. The van der Waals surface area contributed by atoms with E-state index in [1.54, 1.807) is 0 Å². The first kappa shape index (κ1) is 20.0. The van der Waals surface area contributed by atoms with Gasteiger partial charge < -0.3 is 0 Å². The van der Waals surface area contributed by atoms with Gasteiger partial charge in [-0.2, -0.15) is 0 Å². The predicted octanol–water partition coefficient (Wildman–Crippen LogP) is 8.21. The molecule has 0 amide bonds. The molecule has 0 atom stereocenters. The maximum Gasteiger partial charge on any atom is -0.0386 e. The van der Waals surface area contributed by atoms with Crippen molar-refractivity contribution >= 4 is 0 Å². The smallest absolute Gasteiger partial charge is 0.0386 e. The summed E-state index contributed by atoms with van der Waals surface area (Å²) in [7, 11) is 0. The molecule has 1 rings (SSSR count). The summed E-state index contributed by atoms with van der Waals surface area (Å²) < 4.78 is 0. The Labute approximate surface area is 141 Å². The molecule has 2 radical (unpaired) electrons. The quantitative estimate of drug-likeness (QED) is 0.423. The largest absolute Gasteiger partial charge is 0.0533 e. The van der Waals surface area contributed by atoms with Gasteiger partial charge in [0.05, 0.1) is 0 Å². The molecule has 1 aliphatic rings. The summed E-state index contributed by atoms with van der Waals surface area (Å²) in [5, 5.41) is 0. The van der Waals surface area contributed by atoms with Crippen LogP contribution in [0.4, 0.5) is 0 Å². The van der Waals surface area contributed by atoms with Gasteiger partial charge in [0.2, 0.25) is 0 Å². The lowest BCUT2D eigenvalue weighted by Gasteiger charge is -2.05. The monoisotopic (exact) mass is 306 g/mol. The van der Waals surface area contributed by atoms with Gasteiger partial charge in [-0.1, -0.05) is 128 Å². The van der Waals surface area contributed by atoms with Crippen molar-refractivity contribution in [2.45, 2.75) is 128 Å². The second-order valence-electron chi connectivity index (χ2n) is 7.39. The number of rotatable bonds is 0. The summed E-state index contributed by atoms with van der Waals surface area (Å²) in [6.45, 7) is 0. The highest BCUT2D eigenvalue weighted by Gasteiger charge is 1.97. The molecule has 0 N–H and O–H groups in total. The molecule has 0 aromatic heterocycles. The maximum absolute atomic E-state index is 2.56. The van der Waals surface area contributed by atoms with Gasteiger partial charge in [-0.3, -0.25) is 0 Å². The summed E-state index contributed by atoms with van der Waals surface area (Å²) in [5.74, 6) is 0. The van der Waals surface area contributed by atoms with E-state index < -0.39 is 0 Å². The fourth-order valence-corrected chi connectivity index (χ4v) is 3.56. The Morgan fingerprint density at radius 2 is 0.409 bits per heavy atom. The van der Waals surface area contributed by atoms with Crippen molar-refractivity contribution in [3.8, 4) is 0 Å². The van der Waals surface area contributed by atoms with E-state index in [9.17, 15) is 0 Å². The molecule has 0 nitrogen and oxygen atoms in total. The first-order chi connectivity index (χ1) is 11.0. The zero-order valence-electron chi connectivity index (χ0n) is 15.3. The lowest BCUT2D eigenvalue weighted by atomic mass is 10.0. The standard InChI is InChI=1S/C22H42/c1-2-4-6-8-10-12-14-16-18-20-22-21-19-17-15-13-11-9-7-5-3-1/h1,18H,2-17,19-22H2. The predicted molar refractivity (Wildman–Crippen MR) is 101 cm³/mol. The molecule has 0 heterocycles. The van der Waals surface area contributed by atoms with Crippen LogP contribution in [0.2, 0.25) is 0 Å². The van der Waals surface area contributed by atoms with Gasteiger partial charge in [-0.05, 0) is 12.8 Å². The highest BCUT2D eigenvalue weighted by molar-refractivity contribution is 4.66. The molecule has 0 spiro atoms. The minimum Gasteiger partial charge on any atom is -0.0533 e. The minimum absolute atomic E-state index is 1.37. The van der Waals surface area contributed by atoms with Crippen molar-refractivity contribution in [1.82, 2.24) is 0 Å². The fraction of sp³-hybridized carbons (Fsp3) is 0.909. The van der Waals surface area contributed by atoms with Crippen molar-refractivity contribution in [2.75, 3.05) is 0 Å². The number of hydrogen-bond donors (Lipinski definition) is 0. The van der Waals surface area contributed by atoms with Crippen LogP contribution in [-0.2, 0) is 0 Å². The third-order valence-electron chi connectivity index (χ3n) is 5.13. The van der Waals surface area contributed by atoms with Crippen molar-refractivity contribution in [2.24, 2.45) is 0 Å². The molecular weight excluding hydrogens is 264 g/mol. The van der Waals surface area contributed by atoms with Gasteiger partial charge in [0.15, 0.2) is 0 Å². The third kappa shape index (κ3) is 14.9. The van der Waals surface area contributed by atoms with Gasteiger partial charge in [-0.15, -0.1) is 0 Å². The van der Waals surface area contributed by atoms with E-state index in [1.165, 1.54) is 128 Å². The van der Waals surface area contributed by atoms with Crippen molar-refractivity contribution < 1.29 is 0 Å². The van der Waals surface area contributed by atoms with E-state index in [1.807, 2.05) is 0 Å². The normalized spacial score (nSPS) is 24.0. The highest BCUT2D eigenvalue weighted by Crippen LogP contribution is 2.16. The summed E-state index contributed by atoms with van der Waals surface area (Å²) in [6.07, 6.45) is 34.0. The van der Waals surface area contributed by atoms with Crippen LogP contribution in [0.5, 0.6) is 0 Å². The molecule has 0 heteroatoms. The van der Waals surface area contributed by atoms with Gasteiger partial charge in [-0.25, -0.2) is 0 Å². The highest BCUT2D eigenvalue weighted by atomic mass is 14.0. The van der Waals surface area contributed by atoms with Crippen LogP contribution in [0.25, 0.3) is 0 Å². The van der Waals surface area contributed by atoms with E-state index in [0.29, 0.717) is 0 Å². The summed E-state index contributed by atoms with van der Waals surface area (Å²) >= 11 is 0. The Kier molecular flexibility index (Phi) is 15.8. The molecule has 0 aliphatic heterocycles. The molecular formula is C22H42. The molecule has 1 aliphatic carbocycles. The molecule has 0 aromatic carbocycles. The maximum atomic E-state index is 2.56. The molecule has 1 fully saturated rings. The molecule has 22 heavy (non-hydrogen) atoms. The van der Waals surface area contributed by atoms with Gasteiger partial charge in [0, 0.05) is 0 Å². The van der Waals surface area contributed by atoms with Crippen molar-refractivity contribution in [3.05, 3.63) is 12.8 Å². The first-order valence-electron chi connectivity index (χ1n) is 10.6. The SMILES string of the molecule is [CH]1CCCCCCCC[CH]CCCCCCCCCCCC1. The molecule has 130 valence electrons. The second kappa shape index (κ2) is 17.4. The molecule has 0 aromatic rings. The van der Waals surface area contributed by atoms with Gasteiger partial charge >= 0.3 is 0 Å². The van der Waals surface area contributed by atoms with Crippen LogP contribution in [0, 0.1) is 12.8 Å². The third-order valence-corrected chi connectivity index (χ3v) is 5.13.